The number of hydrogen-bond donors (Lipinski definition) is 1. The van der Waals surface area contributed by atoms with Gasteiger partial charge in [0.05, 0.1) is 6.10 Å². The maximum absolute atomic E-state index is 6.06. The SMILES string of the molecule is CC(C)Oc1ccc(Cl)cc1CNCc1cccnc1. The lowest BCUT2D eigenvalue weighted by Gasteiger charge is -2.15. The zero-order valence-electron chi connectivity index (χ0n) is 11.8. The Morgan fingerprint density at radius 1 is 1.25 bits per heavy atom. The van der Waals surface area contributed by atoms with E-state index < -0.39 is 0 Å². The molecule has 0 radical (unpaired) electrons. The van der Waals surface area contributed by atoms with Crippen molar-refractivity contribution in [1.82, 2.24) is 10.3 Å². The van der Waals surface area contributed by atoms with Crippen LogP contribution in [-0.4, -0.2) is 11.1 Å². The van der Waals surface area contributed by atoms with Crippen LogP contribution in [-0.2, 0) is 13.1 Å². The molecule has 2 rings (SSSR count). The first-order valence-corrected chi connectivity index (χ1v) is 7.07. The van der Waals surface area contributed by atoms with E-state index in [0.29, 0.717) is 6.54 Å². The topological polar surface area (TPSA) is 34.1 Å². The third-order valence-corrected chi connectivity index (χ3v) is 2.99. The van der Waals surface area contributed by atoms with Gasteiger partial charge in [-0.3, -0.25) is 4.98 Å². The van der Waals surface area contributed by atoms with Gasteiger partial charge in [0.15, 0.2) is 0 Å². The van der Waals surface area contributed by atoms with Crippen LogP contribution in [0.1, 0.15) is 25.0 Å². The largest absolute Gasteiger partial charge is 0.491 e. The van der Waals surface area contributed by atoms with Crippen LogP contribution in [0.4, 0.5) is 0 Å². The maximum atomic E-state index is 6.06. The van der Waals surface area contributed by atoms with Gasteiger partial charge in [0.2, 0.25) is 0 Å². The molecule has 0 aliphatic rings. The quantitative estimate of drug-likeness (QED) is 0.878. The summed E-state index contributed by atoms with van der Waals surface area (Å²) in [5.74, 6) is 0.878. The number of benzene rings is 1. The molecule has 1 aromatic carbocycles. The molecule has 1 N–H and O–H groups in total. The molecule has 0 aliphatic heterocycles. The van der Waals surface area contributed by atoms with Crippen molar-refractivity contribution in [1.29, 1.82) is 0 Å². The van der Waals surface area contributed by atoms with Crippen LogP contribution < -0.4 is 10.1 Å². The smallest absolute Gasteiger partial charge is 0.124 e. The third kappa shape index (κ3) is 4.51. The minimum Gasteiger partial charge on any atom is -0.491 e. The molecule has 0 fully saturated rings. The number of ether oxygens (including phenoxy) is 1. The van der Waals surface area contributed by atoms with Gasteiger partial charge in [-0.05, 0) is 43.7 Å². The molecule has 0 amide bonds. The highest BCUT2D eigenvalue weighted by atomic mass is 35.5. The van der Waals surface area contributed by atoms with E-state index >= 15 is 0 Å². The second-order valence-corrected chi connectivity index (χ2v) is 5.32. The molecule has 0 aliphatic carbocycles. The Morgan fingerprint density at radius 3 is 2.80 bits per heavy atom. The lowest BCUT2D eigenvalue weighted by molar-refractivity contribution is 0.239. The molecule has 3 nitrogen and oxygen atoms in total. The van der Waals surface area contributed by atoms with Crippen molar-refractivity contribution in [2.45, 2.75) is 33.0 Å². The normalized spacial score (nSPS) is 10.8. The van der Waals surface area contributed by atoms with Gasteiger partial charge in [0.25, 0.3) is 0 Å². The molecule has 1 heterocycles. The Bertz CT molecular complexity index is 543. The van der Waals surface area contributed by atoms with Crippen molar-refractivity contribution in [3.05, 3.63) is 58.9 Å². The van der Waals surface area contributed by atoms with Gasteiger partial charge in [-0.15, -0.1) is 0 Å². The van der Waals surface area contributed by atoms with Crippen molar-refractivity contribution in [2.24, 2.45) is 0 Å². The molecule has 0 atom stereocenters. The minimum atomic E-state index is 0.147. The molecule has 1 aromatic heterocycles. The average molecular weight is 291 g/mol. The van der Waals surface area contributed by atoms with Crippen molar-refractivity contribution < 1.29 is 4.74 Å². The Morgan fingerprint density at radius 2 is 2.10 bits per heavy atom. The van der Waals surface area contributed by atoms with Crippen LogP contribution in [0.25, 0.3) is 0 Å². The molecule has 106 valence electrons. The lowest BCUT2D eigenvalue weighted by Crippen LogP contribution is -2.15. The zero-order chi connectivity index (χ0) is 14.4. The second-order valence-electron chi connectivity index (χ2n) is 4.88. The zero-order valence-corrected chi connectivity index (χ0v) is 12.5. The van der Waals surface area contributed by atoms with Crippen LogP contribution in [0.15, 0.2) is 42.7 Å². The summed E-state index contributed by atoms with van der Waals surface area (Å²) in [5, 5.41) is 4.10. The first-order valence-electron chi connectivity index (χ1n) is 6.70. The number of pyridine rings is 1. The Balaban J connectivity index is 1.99. The first-order chi connectivity index (χ1) is 9.65. The lowest BCUT2D eigenvalue weighted by atomic mass is 10.2. The molecular weight excluding hydrogens is 272 g/mol. The van der Waals surface area contributed by atoms with Gasteiger partial charge in [0.1, 0.15) is 5.75 Å². The molecule has 0 bridgehead atoms. The second kappa shape index (κ2) is 7.27. The summed E-state index contributed by atoms with van der Waals surface area (Å²) in [7, 11) is 0. The third-order valence-electron chi connectivity index (χ3n) is 2.75. The number of nitrogens with zero attached hydrogens (tertiary/aromatic N) is 1. The van der Waals surface area contributed by atoms with Crippen LogP contribution >= 0.6 is 11.6 Å². The van der Waals surface area contributed by atoms with E-state index in [1.54, 1.807) is 6.20 Å². The highest BCUT2D eigenvalue weighted by molar-refractivity contribution is 6.30. The molecule has 20 heavy (non-hydrogen) atoms. The predicted molar refractivity (Wildman–Crippen MR) is 82.0 cm³/mol. The fourth-order valence-corrected chi connectivity index (χ4v) is 2.09. The van der Waals surface area contributed by atoms with E-state index in [1.165, 1.54) is 0 Å². The van der Waals surface area contributed by atoms with E-state index in [9.17, 15) is 0 Å². The molecule has 0 unspecified atom stereocenters. The molecule has 0 spiro atoms. The summed E-state index contributed by atoms with van der Waals surface area (Å²) in [6.07, 6.45) is 3.78. The van der Waals surface area contributed by atoms with Gasteiger partial charge >= 0.3 is 0 Å². The van der Waals surface area contributed by atoms with Crippen molar-refractivity contribution in [3.63, 3.8) is 0 Å². The van der Waals surface area contributed by atoms with E-state index in [0.717, 1.165) is 28.4 Å². The number of rotatable bonds is 6. The minimum absolute atomic E-state index is 0.147. The fourth-order valence-electron chi connectivity index (χ4n) is 1.90. The van der Waals surface area contributed by atoms with Gasteiger partial charge in [0, 0.05) is 36.1 Å². The van der Waals surface area contributed by atoms with Crippen LogP contribution in [0.3, 0.4) is 0 Å². The molecule has 2 aromatic rings. The monoisotopic (exact) mass is 290 g/mol. The summed E-state index contributed by atoms with van der Waals surface area (Å²) < 4.78 is 5.79. The van der Waals surface area contributed by atoms with Crippen molar-refractivity contribution >= 4 is 11.6 Å². The molecular formula is C16H19ClN2O. The van der Waals surface area contributed by atoms with Gasteiger partial charge in [-0.25, -0.2) is 0 Å². The van der Waals surface area contributed by atoms with Crippen LogP contribution in [0, 0.1) is 0 Å². The fraction of sp³-hybridized carbons (Fsp3) is 0.312. The van der Waals surface area contributed by atoms with Crippen molar-refractivity contribution in [2.75, 3.05) is 0 Å². The molecule has 0 saturated heterocycles. The number of hydrogen-bond acceptors (Lipinski definition) is 3. The van der Waals surface area contributed by atoms with Crippen LogP contribution in [0.5, 0.6) is 5.75 Å². The van der Waals surface area contributed by atoms with Gasteiger partial charge in [-0.2, -0.15) is 0 Å². The predicted octanol–water partition coefficient (Wildman–Crippen LogP) is 3.81. The van der Waals surface area contributed by atoms with Crippen molar-refractivity contribution in [3.8, 4) is 5.75 Å². The Labute approximate surface area is 124 Å². The van der Waals surface area contributed by atoms with E-state index in [2.05, 4.69) is 10.3 Å². The maximum Gasteiger partial charge on any atom is 0.124 e. The summed E-state index contributed by atoms with van der Waals surface area (Å²) in [6.45, 7) is 5.50. The Hall–Kier alpha value is -1.58. The van der Waals surface area contributed by atoms with Crippen LogP contribution in [0.2, 0.25) is 5.02 Å². The standard InChI is InChI=1S/C16H19ClN2O/c1-12(2)20-16-6-5-15(17)8-14(16)11-19-10-13-4-3-7-18-9-13/h3-9,12,19H,10-11H2,1-2H3. The van der Waals surface area contributed by atoms with E-state index in [4.69, 9.17) is 16.3 Å². The number of aromatic nitrogens is 1. The van der Waals surface area contributed by atoms with E-state index in [1.807, 2.05) is 50.4 Å². The summed E-state index contributed by atoms with van der Waals surface area (Å²) in [6, 6.07) is 9.69. The summed E-state index contributed by atoms with van der Waals surface area (Å²) >= 11 is 6.06. The number of halogens is 1. The number of nitrogens with one attached hydrogen (secondary N) is 1. The average Bonchev–Trinajstić information content (AvgIpc) is 2.42. The Kier molecular flexibility index (Phi) is 5.39. The first kappa shape index (κ1) is 14.8. The summed E-state index contributed by atoms with van der Waals surface area (Å²) in [4.78, 5) is 4.10. The van der Waals surface area contributed by atoms with Gasteiger partial charge in [-0.1, -0.05) is 17.7 Å². The van der Waals surface area contributed by atoms with Gasteiger partial charge < -0.3 is 10.1 Å². The van der Waals surface area contributed by atoms with E-state index in [-0.39, 0.29) is 6.10 Å². The highest BCUT2D eigenvalue weighted by Crippen LogP contribution is 2.24. The molecule has 0 saturated carbocycles. The highest BCUT2D eigenvalue weighted by Gasteiger charge is 2.06. The summed E-state index contributed by atoms with van der Waals surface area (Å²) in [5.41, 5.74) is 2.22. The molecule has 4 heteroatoms.